The maximum absolute atomic E-state index is 12.3. The number of nitrogens with one attached hydrogen (secondary N) is 1. The summed E-state index contributed by atoms with van der Waals surface area (Å²) in [5.74, 6) is 1.72. The van der Waals surface area contributed by atoms with Gasteiger partial charge in [0, 0.05) is 32.6 Å². The molecule has 0 saturated carbocycles. The molecule has 1 amide bonds. The molecule has 3 rings (SSSR count). The van der Waals surface area contributed by atoms with Crippen LogP contribution in [0.3, 0.4) is 0 Å². The largest absolute Gasteiger partial charge is 0.342 e. The molecule has 2 aliphatic rings. The summed E-state index contributed by atoms with van der Waals surface area (Å²) < 4.78 is 0. The number of likely N-dealkylation sites (tertiary alicyclic amines) is 1. The SMILES string of the molecule is Cc1ccccc1CCC(=O)N1C[C@H]2CNC[C@H]2C1. The average molecular weight is 258 g/mol. The minimum atomic E-state index is 0.331. The van der Waals surface area contributed by atoms with Crippen LogP contribution in [0.25, 0.3) is 0 Å². The van der Waals surface area contributed by atoms with Crippen LogP contribution in [0.2, 0.25) is 0 Å². The number of nitrogens with zero attached hydrogens (tertiary/aromatic N) is 1. The van der Waals surface area contributed by atoms with Gasteiger partial charge in [-0.25, -0.2) is 0 Å². The zero-order valence-electron chi connectivity index (χ0n) is 11.6. The number of carbonyl (C=O) groups excluding carboxylic acids is 1. The molecule has 0 bridgehead atoms. The van der Waals surface area contributed by atoms with Crippen molar-refractivity contribution in [1.82, 2.24) is 10.2 Å². The molecule has 1 aromatic rings. The molecule has 0 radical (unpaired) electrons. The zero-order valence-corrected chi connectivity index (χ0v) is 11.6. The predicted octanol–water partition coefficient (Wildman–Crippen LogP) is 1.61. The first-order valence-electron chi connectivity index (χ1n) is 7.27. The van der Waals surface area contributed by atoms with Crippen LogP contribution >= 0.6 is 0 Å². The number of hydrogen-bond acceptors (Lipinski definition) is 2. The van der Waals surface area contributed by atoms with E-state index in [1.54, 1.807) is 0 Å². The lowest BCUT2D eigenvalue weighted by atomic mass is 10.0. The average Bonchev–Trinajstić information content (AvgIpc) is 2.98. The van der Waals surface area contributed by atoms with Gasteiger partial charge in [0.05, 0.1) is 0 Å². The van der Waals surface area contributed by atoms with E-state index in [-0.39, 0.29) is 0 Å². The van der Waals surface area contributed by atoms with Gasteiger partial charge in [-0.3, -0.25) is 4.79 Å². The summed E-state index contributed by atoms with van der Waals surface area (Å²) in [6, 6.07) is 8.35. The van der Waals surface area contributed by atoms with Crippen LogP contribution in [0.5, 0.6) is 0 Å². The number of rotatable bonds is 3. The van der Waals surface area contributed by atoms with Gasteiger partial charge in [-0.05, 0) is 36.3 Å². The molecular formula is C16H22N2O. The number of carbonyl (C=O) groups is 1. The fourth-order valence-corrected chi connectivity index (χ4v) is 3.35. The molecule has 2 atom stereocenters. The number of hydrogen-bond donors (Lipinski definition) is 1. The van der Waals surface area contributed by atoms with E-state index >= 15 is 0 Å². The Labute approximate surface area is 115 Å². The Balaban J connectivity index is 1.54. The van der Waals surface area contributed by atoms with Crippen LogP contribution in [0.1, 0.15) is 17.5 Å². The molecule has 3 heteroatoms. The first-order valence-corrected chi connectivity index (χ1v) is 7.27. The number of fused-ring (bicyclic) bond motifs is 1. The highest BCUT2D eigenvalue weighted by molar-refractivity contribution is 5.76. The molecule has 1 N–H and O–H groups in total. The predicted molar refractivity (Wildman–Crippen MR) is 75.9 cm³/mol. The first kappa shape index (κ1) is 12.7. The van der Waals surface area contributed by atoms with Crippen molar-refractivity contribution in [2.45, 2.75) is 19.8 Å². The second-order valence-electron chi connectivity index (χ2n) is 5.90. The molecular weight excluding hydrogens is 236 g/mol. The fourth-order valence-electron chi connectivity index (χ4n) is 3.35. The Kier molecular flexibility index (Phi) is 3.56. The number of benzene rings is 1. The van der Waals surface area contributed by atoms with Gasteiger partial charge in [-0.15, -0.1) is 0 Å². The monoisotopic (exact) mass is 258 g/mol. The summed E-state index contributed by atoms with van der Waals surface area (Å²) >= 11 is 0. The highest BCUT2D eigenvalue weighted by Crippen LogP contribution is 2.26. The quantitative estimate of drug-likeness (QED) is 0.893. The minimum Gasteiger partial charge on any atom is -0.342 e. The van der Waals surface area contributed by atoms with Crippen LogP contribution in [-0.2, 0) is 11.2 Å². The van der Waals surface area contributed by atoms with Crippen LogP contribution in [-0.4, -0.2) is 37.0 Å². The zero-order chi connectivity index (χ0) is 13.2. The minimum absolute atomic E-state index is 0.331. The second kappa shape index (κ2) is 5.33. The van der Waals surface area contributed by atoms with E-state index < -0.39 is 0 Å². The Hall–Kier alpha value is -1.35. The van der Waals surface area contributed by atoms with Gasteiger partial charge in [-0.2, -0.15) is 0 Å². The van der Waals surface area contributed by atoms with Gasteiger partial charge in [0.25, 0.3) is 0 Å². The Bertz CT molecular complexity index is 460. The van der Waals surface area contributed by atoms with Crippen molar-refractivity contribution in [2.75, 3.05) is 26.2 Å². The third kappa shape index (κ3) is 2.66. The molecule has 0 aromatic heterocycles. The van der Waals surface area contributed by atoms with Crippen molar-refractivity contribution < 1.29 is 4.79 Å². The van der Waals surface area contributed by atoms with Gasteiger partial charge in [0.15, 0.2) is 0 Å². The third-order valence-electron chi connectivity index (χ3n) is 4.61. The van der Waals surface area contributed by atoms with Crippen molar-refractivity contribution in [3.63, 3.8) is 0 Å². The highest BCUT2D eigenvalue weighted by atomic mass is 16.2. The third-order valence-corrected chi connectivity index (χ3v) is 4.61. The summed E-state index contributed by atoms with van der Waals surface area (Å²) in [7, 11) is 0. The molecule has 2 fully saturated rings. The van der Waals surface area contributed by atoms with E-state index in [2.05, 4.69) is 41.4 Å². The summed E-state index contributed by atoms with van der Waals surface area (Å²) in [4.78, 5) is 14.3. The van der Waals surface area contributed by atoms with Crippen molar-refractivity contribution >= 4 is 5.91 Å². The van der Waals surface area contributed by atoms with Crippen LogP contribution in [0.4, 0.5) is 0 Å². The van der Waals surface area contributed by atoms with E-state index in [4.69, 9.17) is 0 Å². The van der Waals surface area contributed by atoms with Gasteiger partial charge in [0.2, 0.25) is 5.91 Å². The Morgan fingerprint density at radius 3 is 2.63 bits per heavy atom. The molecule has 0 aliphatic carbocycles. The summed E-state index contributed by atoms with van der Waals surface area (Å²) in [6.07, 6.45) is 1.52. The maximum Gasteiger partial charge on any atom is 0.222 e. The van der Waals surface area contributed by atoms with E-state index in [1.165, 1.54) is 11.1 Å². The van der Waals surface area contributed by atoms with Crippen molar-refractivity contribution in [2.24, 2.45) is 11.8 Å². The topological polar surface area (TPSA) is 32.3 Å². The van der Waals surface area contributed by atoms with Gasteiger partial charge in [0.1, 0.15) is 0 Å². The van der Waals surface area contributed by atoms with E-state index in [0.717, 1.165) is 32.6 Å². The molecule has 1 aromatic carbocycles. The second-order valence-corrected chi connectivity index (χ2v) is 5.90. The Morgan fingerprint density at radius 1 is 1.26 bits per heavy atom. The van der Waals surface area contributed by atoms with Gasteiger partial charge in [-0.1, -0.05) is 24.3 Å². The lowest BCUT2D eigenvalue weighted by Crippen LogP contribution is -2.32. The molecule has 3 nitrogen and oxygen atoms in total. The molecule has 19 heavy (non-hydrogen) atoms. The van der Waals surface area contributed by atoms with Crippen molar-refractivity contribution in [3.8, 4) is 0 Å². The van der Waals surface area contributed by atoms with Crippen molar-refractivity contribution in [3.05, 3.63) is 35.4 Å². The lowest BCUT2D eigenvalue weighted by molar-refractivity contribution is -0.130. The van der Waals surface area contributed by atoms with Crippen LogP contribution in [0.15, 0.2) is 24.3 Å². The normalized spacial score (nSPS) is 25.6. The van der Waals surface area contributed by atoms with Gasteiger partial charge >= 0.3 is 0 Å². The highest BCUT2D eigenvalue weighted by Gasteiger charge is 2.37. The smallest absolute Gasteiger partial charge is 0.222 e. The molecule has 2 heterocycles. The van der Waals surface area contributed by atoms with Crippen LogP contribution in [0, 0.1) is 18.8 Å². The number of amides is 1. The standard InChI is InChI=1S/C16H22N2O/c1-12-4-2-3-5-13(12)6-7-16(19)18-10-14-8-17-9-15(14)11-18/h2-5,14-15,17H,6-11H2,1H3/t14-,15+. The van der Waals surface area contributed by atoms with E-state index in [0.29, 0.717) is 24.2 Å². The molecule has 2 aliphatic heterocycles. The fraction of sp³-hybridized carbons (Fsp3) is 0.562. The molecule has 2 saturated heterocycles. The van der Waals surface area contributed by atoms with Crippen molar-refractivity contribution in [1.29, 1.82) is 0 Å². The Morgan fingerprint density at radius 2 is 1.95 bits per heavy atom. The van der Waals surface area contributed by atoms with Crippen LogP contribution < -0.4 is 5.32 Å². The molecule has 0 spiro atoms. The first-order chi connectivity index (χ1) is 9.24. The summed E-state index contributed by atoms with van der Waals surface area (Å²) in [5.41, 5.74) is 2.59. The summed E-state index contributed by atoms with van der Waals surface area (Å²) in [6.45, 7) is 6.22. The maximum atomic E-state index is 12.3. The van der Waals surface area contributed by atoms with E-state index in [9.17, 15) is 4.79 Å². The summed E-state index contributed by atoms with van der Waals surface area (Å²) in [5, 5.41) is 3.41. The van der Waals surface area contributed by atoms with Gasteiger partial charge < -0.3 is 10.2 Å². The molecule has 0 unspecified atom stereocenters. The van der Waals surface area contributed by atoms with E-state index in [1.807, 2.05) is 0 Å². The molecule has 102 valence electrons. The lowest BCUT2D eigenvalue weighted by Gasteiger charge is -2.17. The number of aryl methyl sites for hydroxylation is 2.